The Hall–Kier alpha value is -3.57. The third kappa shape index (κ3) is 5.96. The first-order valence-electron chi connectivity index (χ1n) is 8.55. The highest BCUT2D eigenvalue weighted by molar-refractivity contribution is 5.55. The second kappa shape index (κ2) is 8.84. The van der Waals surface area contributed by atoms with Crippen LogP contribution in [0.3, 0.4) is 0 Å². The summed E-state index contributed by atoms with van der Waals surface area (Å²) in [6.07, 6.45) is -2.10. The minimum Gasteiger partial charge on any atom is -0.454 e. The predicted molar refractivity (Wildman–Crippen MR) is 95.6 cm³/mol. The van der Waals surface area contributed by atoms with Crippen molar-refractivity contribution >= 4 is 0 Å². The molecule has 3 aromatic heterocycles. The fourth-order valence-electron chi connectivity index (χ4n) is 2.30. The average molecular weight is 425 g/mol. The van der Waals surface area contributed by atoms with Gasteiger partial charge in [0, 0.05) is 43.2 Å². The summed E-state index contributed by atoms with van der Waals surface area (Å²) in [5, 5.41) is 4.21. The Morgan fingerprint density at radius 1 is 1.07 bits per heavy atom. The van der Waals surface area contributed by atoms with Crippen molar-refractivity contribution in [3.8, 4) is 23.1 Å². The van der Waals surface area contributed by atoms with Gasteiger partial charge < -0.3 is 9.47 Å². The lowest BCUT2D eigenvalue weighted by Gasteiger charge is -2.09. The molecule has 0 aliphatic heterocycles. The van der Waals surface area contributed by atoms with Gasteiger partial charge in [-0.15, -0.1) is 0 Å². The normalized spacial score (nSPS) is 12.4. The summed E-state index contributed by atoms with van der Waals surface area (Å²) in [4.78, 5) is 23.5. The summed E-state index contributed by atoms with van der Waals surface area (Å²) in [7, 11) is 0. The molecule has 3 aromatic rings. The van der Waals surface area contributed by atoms with Crippen LogP contribution in [0, 0.1) is 0 Å². The van der Waals surface area contributed by atoms with Crippen LogP contribution in [0.1, 0.15) is 12.5 Å². The van der Waals surface area contributed by atoms with Crippen molar-refractivity contribution in [1.29, 1.82) is 0 Å². The molecule has 3 heterocycles. The first-order valence-corrected chi connectivity index (χ1v) is 8.55. The molecule has 0 aliphatic rings. The zero-order chi connectivity index (χ0) is 21.7. The molecule has 8 nitrogen and oxygen atoms in total. The van der Waals surface area contributed by atoms with Crippen LogP contribution in [-0.4, -0.2) is 43.9 Å². The molecule has 0 fully saturated rings. The molecular formula is C18H15F4N5O3. The quantitative estimate of drug-likeness (QED) is 0.538. The van der Waals surface area contributed by atoms with E-state index in [2.05, 4.69) is 24.8 Å². The summed E-state index contributed by atoms with van der Waals surface area (Å²) in [5.41, 5.74) is 0.938. The van der Waals surface area contributed by atoms with Crippen LogP contribution in [0.2, 0.25) is 0 Å². The number of pyridine rings is 1. The fourth-order valence-corrected chi connectivity index (χ4v) is 2.30. The number of rotatable bonds is 7. The maximum absolute atomic E-state index is 12.8. The van der Waals surface area contributed by atoms with Gasteiger partial charge in [0.1, 0.15) is 0 Å². The molecule has 0 aromatic carbocycles. The lowest BCUT2D eigenvalue weighted by Crippen LogP contribution is -2.23. The van der Waals surface area contributed by atoms with Gasteiger partial charge >= 0.3 is 12.2 Å². The number of halogens is 4. The van der Waals surface area contributed by atoms with Crippen LogP contribution >= 0.6 is 0 Å². The van der Waals surface area contributed by atoms with E-state index in [0.29, 0.717) is 16.8 Å². The third-order valence-corrected chi connectivity index (χ3v) is 3.57. The molecule has 0 radical (unpaired) electrons. The smallest absolute Gasteiger partial charge is 0.422 e. The fraction of sp³-hybridized carbons (Fsp3) is 0.278. The molecule has 1 unspecified atom stereocenters. The summed E-state index contributed by atoms with van der Waals surface area (Å²) in [5.74, 6) is 0.104. The third-order valence-electron chi connectivity index (χ3n) is 3.57. The second-order valence-electron chi connectivity index (χ2n) is 6.04. The molecule has 3 rings (SSSR count). The summed E-state index contributed by atoms with van der Waals surface area (Å²) < 4.78 is 59.8. The molecule has 1 atom stereocenters. The number of nitrogens with zero attached hydrogens (tertiary/aromatic N) is 5. The molecule has 0 amide bonds. The minimum atomic E-state index is -4.50. The maximum Gasteiger partial charge on any atom is 0.422 e. The van der Waals surface area contributed by atoms with Crippen LogP contribution in [0.5, 0.6) is 11.9 Å². The molecule has 0 N–H and O–H groups in total. The van der Waals surface area contributed by atoms with E-state index in [1.165, 1.54) is 48.4 Å². The van der Waals surface area contributed by atoms with E-state index in [1.807, 2.05) is 0 Å². The zero-order valence-corrected chi connectivity index (χ0v) is 15.5. The zero-order valence-electron chi connectivity index (χ0n) is 15.5. The molecule has 0 bridgehead atoms. The number of hydrogen-bond acceptors (Lipinski definition) is 7. The Kier molecular flexibility index (Phi) is 6.23. The first kappa shape index (κ1) is 21.1. The van der Waals surface area contributed by atoms with Gasteiger partial charge in [0.2, 0.25) is 12.2 Å². The maximum atomic E-state index is 12.8. The van der Waals surface area contributed by atoms with Crippen molar-refractivity contribution < 1.29 is 27.0 Å². The van der Waals surface area contributed by atoms with E-state index < -0.39 is 25.2 Å². The molecular weight excluding hydrogens is 410 g/mol. The van der Waals surface area contributed by atoms with Gasteiger partial charge in [-0.05, 0) is 11.6 Å². The molecule has 0 saturated carbocycles. The van der Waals surface area contributed by atoms with Crippen molar-refractivity contribution in [3.05, 3.63) is 58.8 Å². The van der Waals surface area contributed by atoms with Gasteiger partial charge in [0.05, 0.1) is 12.2 Å². The van der Waals surface area contributed by atoms with Crippen molar-refractivity contribution in [3.63, 3.8) is 0 Å². The van der Waals surface area contributed by atoms with Crippen LogP contribution < -0.4 is 15.0 Å². The first-order chi connectivity index (χ1) is 14.2. The van der Waals surface area contributed by atoms with Gasteiger partial charge in [0.15, 0.2) is 6.61 Å². The number of aromatic nitrogens is 5. The predicted octanol–water partition coefficient (Wildman–Crippen LogP) is 2.78. The van der Waals surface area contributed by atoms with Crippen molar-refractivity contribution in [1.82, 2.24) is 24.7 Å². The minimum absolute atomic E-state index is 0.0821. The van der Waals surface area contributed by atoms with E-state index in [1.54, 1.807) is 6.07 Å². The lowest BCUT2D eigenvalue weighted by atomic mass is 10.2. The van der Waals surface area contributed by atoms with Crippen molar-refractivity contribution in [2.24, 2.45) is 0 Å². The molecule has 0 saturated heterocycles. The Labute approximate surface area is 167 Å². The highest BCUT2D eigenvalue weighted by Crippen LogP contribution is 2.18. The number of hydrogen-bond donors (Lipinski definition) is 0. The standard InChI is InChI=1S/C18H15F4N5O3/c1-11(19)30-15-4-2-12(6-23-15)9-27-16(28)5-3-14(26-27)13-7-24-17(25-8-13)29-10-18(20,21)22/h2-8,11H,9-10H2,1H3. The van der Waals surface area contributed by atoms with Gasteiger partial charge in [0.25, 0.3) is 5.56 Å². The van der Waals surface area contributed by atoms with E-state index in [4.69, 9.17) is 4.74 Å². The number of ether oxygens (including phenoxy) is 2. The molecule has 0 aliphatic carbocycles. The Morgan fingerprint density at radius 2 is 1.80 bits per heavy atom. The van der Waals surface area contributed by atoms with Gasteiger partial charge in [-0.3, -0.25) is 4.79 Å². The summed E-state index contributed by atoms with van der Waals surface area (Å²) in [6, 6.07) is 5.37. The highest BCUT2D eigenvalue weighted by Gasteiger charge is 2.28. The van der Waals surface area contributed by atoms with Gasteiger partial charge in [-0.1, -0.05) is 6.07 Å². The topological polar surface area (TPSA) is 92.0 Å². The summed E-state index contributed by atoms with van der Waals surface area (Å²) >= 11 is 0. The average Bonchev–Trinajstić information content (AvgIpc) is 2.69. The summed E-state index contributed by atoms with van der Waals surface area (Å²) in [6.45, 7) is -0.195. The second-order valence-corrected chi connectivity index (χ2v) is 6.04. The van der Waals surface area contributed by atoms with Crippen LogP contribution in [0.4, 0.5) is 17.6 Å². The highest BCUT2D eigenvalue weighted by atomic mass is 19.4. The van der Waals surface area contributed by atoms with E-state index in [-0.39, 0.29) is 18.0 Å². The number of alkyl halides is 4. The Balaban J connectivity index is 1.74. The van der Waals surface area contributed by atoms with Gasteiger partial charge in [-0.2, -0.15) is 18.3 Å². The SMILES string of the molecule is CC(F)Oc1ccc(Cn2nc(-c3cnc(OCC(F)(F)F)nc3)ccc2=O)cn1. The van der Waals surface area contributed by atoms with Crippen LogP contribution in [0.25, 0.3) is 11.3 Å². The van der Waals surface area contributed by atoms with Gasteiger partial charge in [-0.25, -0.2) is 24.0 Å². The van der Waals surface area contributed by atoms with Crippen molar-refractivity contribution in [2.45, 2.75) is 26.0 Å². The largest absolute Gasteiger partial charge is 0.454 e. The molecule has 30 heavy (non-hydrogen) atoms. The Bertz CT molecular complexity index is 1040. The molecule has 12 heteroatoms. The van der Waals surface area contributed by atoms with E-state index in [9.17, 15) is 22.4 Å². The molecule has 0 spiro atoms. The van der Waals surface area contributed by atoms with E-state index >= 15 is 0 Å². The monoisotopic (exact) mass is 425 g/mol. The van der Waals surface area contributed by atoms with Crippen LogP contribution in [-0.2, 0) is 6.54 Å². The van der Waals surface area contributed by atoms with Crippen molar-refractivity contribution in [2.75, 3.05) is 6.61 Å². The lowest BCUT2D eigenvalue weighted by molar-refractivity contribution is -0.154. The van der Waals surface area contributed by atoms with E-state index in [0.717, 1.165) is 0 Å². The Morgan fingerprint density at radius 3 is 2.40 bits per heavy atom. The molecule has 158 valence electrons. The van der Waals surface area contributed by atoms with Crippen LogP contribution in [0.15, 0.2) is 47.7 Å².